The van der Waals surface area contributed by atoms with Crippen molar-refractivity contribution in [3.8, 4) is 5.69 Å². The van der Waals surface area contributed by atoms with E-state index in [0.717, 1.165) is 5.69 Å². The smallest absolute Gasteiger partial charge is 0.253 e. The monoisotopic (exact) mass is 288 g/mol. The molecule has 1 aliphatic rings. The van der Waals surface area contributed by atoms with Crippen LogP contribution in [0.3, 0.4) is 0 Å². The molecular weight excluding hydrogens is 272 g/mol. The zero-order valence-corrected chi connectivity index (χ0v) is 11.6. The number of aromatic nitrogens is 3. The summed E-state index contributed by atoms with van der Waals surface area (Å²) in [6, 6.07) is 7.15. The molecule has 0 unspecified atom stereocenters. The van der Waals surface area contributed by atoms with Gasteiger partial charge in [0.15, 0.2) is 0 Å². The molecule has 0 spiro atoms. The van der Waals surface area contributed by atoms with Crippen LogP contribution in [0.4, 0.5) is 0 Å². The number of amides is 1. The van der Waals surface area contributed by atoms with Gasteiger partial charge in [0.2, 0.25) is 0 Å². The van der Waals surface area contributed by atoms with Crippen molar-refractivity contribution >= 4 is 5.91 Å². The highest BCUT2D eigenvalue weighted by Gasteiger charge is 2.30. The summed E-state index contributed by atoms with van der Waals surface area (Å²) >= 11 is 0. The fraction of sp³-hybridized carbons (Fsp3) is 0.357. The molecule has 110 valence electrons. The average molecular weight is 288 g/mol. The summed E-state index contributed by atoms with van der Waals surface area (Å²) in [7, 11) is 1.61. The Morgan fingerprint density at radius 3 is 2.86 bits per heavy atom. The number of nitrogens with zero attached hydrogens (tertiary/aromatic N) is 3. The number of carbonyl (C=O) groups is 1. The number of hydrogen-bond donors (Lipinski definition) is 1. The van der Waals surface area contributed by atoms with Gasteiger partial charge < -0.3 is 14.8 Å². The lowest BCUT2D eigenvalue weighted by molar-refractivity contribution is 0.0685. The van der Waals surface area contributed by atoms with Crippen LogP contribution in [0.1, 0.15) is 10.4 Å². The van der Waals surface area contributed by atoms with Crippen molar-refractivity contribution in [1.82, 2.24) is 20.1 Å². The summed E-state index contributed by atoms with van der Waals surface area (Å²) in [5.41, 5.74) is 1.28. The molecule has 3 rings (SSSR count). The van der Waals surface area contributed by atoms with Crippen molar-refractivity contribution in [2.45, 2.75) is 12.1 Å². The van der Waals surface area contributed by atoms with E-state index in [-0.39, 0.29) is 18.1 Å². The van der Waals surface area contributed by atoms with Crippen LogP contribution < -0.4 is 5.32 Å². The summed E-state index contributed by atoms with van der Waals surface area (Å²) in [6.45, 7) is 0.952. The van der Waals surface area contributed by atoms with Gasteiger partial charge in [0.05, 0.1) is 30.5 Å². The predicted octanol–water partition coefficient (Wildman–Crippen LogP) is 0.411. The van der Waals surface area contributed by atoms with E-state index in [2.05, 4.69) is 15.5 Å². The van der Waals surface area contributed by atoms with E-state index < -0.39 is 0 Å². The first kappa shape index (κ1) is 13.7. The van der Waals surface area contributed by atoms with Crippen molar-refractivity contribution in [2.75, 3.05) is 20.3 Å². The lowest BCUT2D eigenvalue weighted by atomic mass is 10.1. The van der Waals surface area contributed by atoms with Gasteiger partial charge in [-0.15, -0.1) is 10.2 Å². The molecule has 0 bridgehead atoms. The maximum atomic E-state index is 12.5. The first-order chi connectivity index (χ1) is 10.3. The molecule has 1 aromatic heterocycles. The van der Waals surface area contributed by atoms with Gasteiger partial charge in [-0.3, -0.25) is 9.36 Å². The molecule has 1 saturated heterocycles. The second kappa shape index (κ2) is 6.02. The first-order valence-electron chi connectivity index (χ1n) is 6.65. The molecule has 0 radical (unpaired) electrons. The van der Waals surface area contributed by atoms with E-state index in [1.54, 1.807) is 30.4 Å². The summed E-state index contributed by atoms with van der Waals surface area (Å²) in [5.74, 6) is -0.170. The lowest BCUT2D eigenvalue weighted by Gasteiger charge is -2.18. The fourth-order valence-electron chi connectivity index (χ4n) is 2.36. The molecule has 7 heteroatoms. The van der Waals surface area contributed by atoms with E-state index in [1.807, 2.05) is 18.2 Å². The minimum Gasteiger partial charge on any atom is -0.377 e. The molecule has 7 nitrogen and oxygen atoms in total. The van der Waals surface area contributed by atoms with Crippen LogP contribution >= 0.6 is 0 Å². The fourth-order valence-corrected chi connectivity index (χ4v) is 2.36. The molecule has 1 amide bonds. The molecular formula is C14H16N4O3. The van der Waals surface area contributed by atoms with Gasteiger partial charge in [0.25, 0.3) is 5.91 Å². The van der Waals surface area contributed by atoms with Crippen molar-refractivity contribution in [2.24, 2.45) is 0 Å². The number of benzene rings is 1. The molecule has 1 aromatic carbocycles. The highest BCUT2D eigenvalue weighted by molar-refractivity contribution is 5.98. The highest BCUT2D eigenvalue weighted by atomic mass is 16.5. The second-order valence-electron chi connectivity index (χ2n) is 4.78. The summed E-state index contributed by atoms with van der Waals surface area (Å²) in [5, 5.41) is 10.5. The van der Waals surface area contributed by atoms with E-state index in [1.165, 1.54) is 0 Å². The Bertz CT molecular complexity index is 614. The van der Waals surface area contributed by atoms with Crippen LogP contribution in [-0.2, 0) is 9.47 Å². The quantitative estimate of drug-likeness (QED) is 0.881. The Hall–Kier alpha value is -2.25. The van der Waals surface area contributed by atoms with Gasteiger partial charge in [-0.25, -0.2) is 0 Å². The Labute approximate surface area is 121 Å². The Morgan fingerprint density at radius 1 is 1.33 bits per heavy atom. The average Bonchev–Trinajstić information content (AvgIpc) is 3.18. The maximum Gasteiger partial charge on any atom is 0.253 e. The topological polar surface area (TPSA) is 78.3 Å². The Kier molecular flexibility index (Phi) is 3.94. The van der Waals surface area contributed by atoms with Gasteiger partial charge in [-0.1, -0.05) is 12.1 Å². The third-order valence-corrected chi connectivity index (χ3v) is 3.49. The van der Waals surface area contributed by atoms with E-state index in [4.69, 9.17) is 9.47 Å². The van der Waals surface area contributed by atoms with Crippen molar-refractivity contribution in [1.29, 1.82) is 0 Å². The van der Waals surface area contributed by atoms with E-state index in [0.29, 0.717) is 18.8 Å². The molecule has 2 aromatic rings. The SMILES string of the molecule is CO[C@H]1COC[C@@H]1NC(=O)c1ccccc1-n1cnnc1. The third kappa shape index (κ3) is 2.79. The third-order valence-electron chi connectivity index (χ3n) is 3.49. The number of nitrogens with one attached hydrogen (secondary N) is 1. The van der Waals surface area contributed by atoms with Crippen LogP contribution in [0.15, 0.2) is 36.9 Å². The van der Waals surface area contributed by atoms with Gasteiger partial charge in [-0.05, 0) is 12.1 Å². The van der Waals surface area contributed by atoms with Gasteiger partial charge in [0, 0.05) is 7.11 Å². The van der Waals surface area contributed by atoms with Gasteiger partial charge >= 0.3 is 0 Å². The number of rotatable bonds is 4. The normalized spacial score (nSPS) is 21.4. The second-order valence-corrected chi connectivity index (χ2v) is 4.78. The van der Waals surface area contributed by atoms with Crippen LogP contribution in [-0.4, -0.2) is 53.1 Å². The molecule has 0 aliphatic carbocycles. The Balaban J connectivity index is 1.82. The van der Waals surface area contributed by atoms with Crippen LogP contribution in [0.2, 0.25) is 0 Å². The number of methoxy groups -OCH3 is 1. The zero-order chi connectivity index (χ0) is 14.7. The van der Waals surface area contributed by atoms with Crippen LogP contribution in [0.25, 0.3) is 5.69 Å². The van der Waals surface area contributed by atoms with E-state index >= 15 is 0 Å². The maximum absolute atomic E-state index is 12.5. The van der Waals surface area contributed by atoms with Crippen molar-refractivity contribution < 1.29 is 14.3 Å². The minimum atomic E-state index is -0.170. The number of hydrogen-bond acceptors (Lipinski definition) is 5. The summed E-state index contributed by atoms with van der Waals surface area (Å²) in [4.78, 5) is 12.5. The highest BCUT2D eigenvalue weighted by Crippen LogP contribution is 2.15. The van der Waals surface area contributed by atoms with Crippen molar-refractivity contribution in [3.05, 3.63) is 42.5 Å². The van der Waals surface area contributed by atoms with Crippen LogP contribution in [0, 0.1) is 0 Å². The van der Waals surface area contributed by atoms with Gasteiger partial charge in [0.1, 0.15) is 18.8 Å². The number of carbonyl (C=O) groups excluding carboxylic acids is 1. The van der Waals surface area contributed by atoms with E-state index in [9.17, 15) is 4.79 Å². The molecule has 21 heavy (non-hydrogen) atoms. The standard InChI is InChI=1S/C14H16N4O3/c1-20-13-7-21-6-11(13)17-14(19)10-4-2-3-5-12(10)18-8-15-16-9-18/h2-5,8-9,11,13H,6-7H2,1H3,(H,17,19)/t11-,13-/m0/s1. The van der Waals surface area contributed by atoms with Gasteiger partial charge in [-0.2, -0.15) is 0 Å². The largest absolute Gasteiger partial charge is 0.377 e. The Morgan fingerprint density at radius 2 is 2.10 bits per heavy atom. The number of ether oxygens (including phenoxy) is 2. The summed E-state index contributed by atoms with van der Waals surface area (Å²) < 4.78 is 12.3. The minimum absolute atomic E-state index is 0.115. The molecule has 1 aliphatic heterocycles. The molecule has 1 N–H and O–H groups in total. The molecule has 1 fully saturated rings. The van der Waals surface area contributed by atoms with Crippen LogP contribution in [0.5, 0.6) is 0 Å². The zero-order valence-electron chi connectivity index (χ0n) is 11.6. The lowest BCUT2D eigenvalue weighted by Crippen LogP contribution is -2.43. The predicted molar refractivity (Wildman–Crippen MR) is 74.2 cm³/mol. The van der Waals surface area contributed by atoms with Crippen molar-refractivity contribution in [3.63, 3.8) is 0 Å². The summed E-state index contributed by atoms with van der Waals surface area (Å²) in [6.07, 6.45) is 3.00. The number of para-hydroxylation sites is 1. The molecule has 2 heterocycles. The molecule has 0 saturated carbocycles. The first-order valence-corrected chi connectivity index (χ1v) is 6.65. The molecule has 2 atom stereocenters.